The first kappa shape index (κ1) is 13.1. The fourth-order valence-corrected chi connectivity index (χ4v) is 4.42. The summed E-state index contributed by atoms with van der Waals surface area (Å²) in [6.45, 7) is 0.570. The number of nitrogens with two attached hydrogens (primary N) is 1. The van der Waals surface area contributed by atoms with Gasteiger partial charge in [0.15, 0.2) is 0 Å². The topological polar surface area (TPSA) is 46.2 Å². The summed E-state index contributed by atoms with van der Waals surface area (Å²) in [5, 5.41) is 11.3. The number of hydrogen-bond acceptors (Lipinski definition) is 2. The van der Waals surface area contributed by atoms with Gasteiger partial charge in [0.25, 0.3) is 0 Å². The second-order valence-electron chi connectivity index (χ2n) is 6.39. The number of hydrogen-bond donors (Lipinski definition) is 2. The van der Waals surface area contributed by atoms with E-state index in [-0.39, 0.29) is 5.41 Å². The fourth-order valence-electron chi connectivity index (χ4n) is 4.42. The molecule has 2 heteroatoms. The maximum atomic E-state index is 11.3. The summed E-state index contributed by atoms with van der Waals surface area (Å²) in [6.07, 6.45) is 8.68. The Morgan fingerprint density at radius 1 is 1.00 bits per heavy atom. The van der Waals surface area contributed by atoms with Crippen LogP contribution in [0.15, 0.2) is 24.3 Å². The summed E-state index contributed by atoms with van der Waals surface area (Å²) in [6, 6.07) is 8.62. The van der Waals surface area contributed by atoms with Crippen LogP contribution < -0.4 is 5.73 Å². The second-order valence-corrected chi connectivity index (χ2v) is 6.39. The van der Waals surface area contributed by atoms with E-state index in [1.54, 1.807) is 0 Å². The van der Waals surface area contributed by atoms with Gasteiger partial charge in [-0.25, -0.2) is 0 Å². The summed E-state index contributed by atoms with van der Waals surface area (Å²) in [7, 11) is 0. The van der Waals surface area contributed by atoms with Crippen LogP contribution in [0.2, 0.25) is 0 Å². The first-order chi connectivity index (χ1) is 9.22. The molecule has 19 heavy (non-hydrogen) atoms. The van der Waals surface area contributed by atoms with Crippen molar-refractivity contribution >= 4 is 0 Å². The van der Waals surface area contributed by atoms with Crippen molar-refractivity contribution < 1.29 is 5.11 Å². The van der Waals surface area contributed by atoms with E-state index in [0.717, 1.165) is 44.9 Å². The molecule has 0 aromatic heterocycles. The predicted octanol–water partition coefficient (Wildman–Crippen LogP) is 2.91. The Kier molecular flexibility index (Phi) is 3.40. The molecule has 2 aliphatic carbocycles. The first-order valence-corrected chi connectivity index (χ1v) is 7.73. The van der Waals surface area contributed by atoms with Crippen LogP contribution in [0, 0.1) is 0 Å². The lowest BCUT2D eigenvalue weighted by Crippen LogP contribution is -2.58. The van der Waals surface area contributed by atoms with Crippen LogP contribution in [-0.2, 0) is 11.8 Å². The van der Waals surface area contributed by atoms with Crippen molar-refractivity contribution in [2.75, 3.05) is 6.54 Å². The van der Waals surface area contributed by atoms with Gasteiger partial charge >= 0.3 is 0 Å². The summed E-state index contributed by atoms with van der Waals surface area (Å²) in [4.78, 5) is 0. The van der Waals surface area contributed by atoms with Gasteiger partial charge in [-0.1, -0.05) is 43.5 Å². The summed E-state index contributed by atoms with van der Waals surface area (Å²) in [5.74, 6) is 0. The molecule has 0 saturated heterocycles. The molecule has 1 aromatic carbocycles. The zero-order chi connectivity index (χ0) is 13.3. The smallest absolute Gasteiger partial charge is 0.0756 e. The highest BCUT2D eigenvalue weighted by atomic mass is 16.3. The van der Waals surface area contributed by atoms with Crippen LogP contribution in [0.1, 0.15) is 56.1 Å². The monoisotopic (exact) mass is 259 g/mol. The van der Waals surface area contributed by atoms with Crippen LogP contribution in [-0.4, -0.2) is 17.3 Å². The number of rotatable bonds is 2. The Morgan fingerprint density at radius 2 is 1.74 bits per heavy atom. The minimum atomic E-state index is -0.587. The van der Waals surface area contributed by atoms with E-state index in [1.807, 2.05) is 0 Å². The molecule has 0 radical (unpaired) electrons. The Labute approximate surface area is 116 Å². The minimum absolute atomic E-state index is 0.206. The molecule has 1 aromatic rings. The van der Waals surface area contributed by atoms with E-state index < -0.39 is 5.60 Å². The van der Waals surface area contributed by atoms with Gasteiger partial charge in [0.1, 0.15) is 0 Å². The number of aliphatic hydroxyl groups is 1. The molecular weight excluding hydrogens is 234 g/mol. The third kappa shape index (κ3) is 1.93. The average molecular weight is 259 g/mol. The number of fused-ring (bicyclic) bond motifs is 1. The van der Waals surface area contributed by atoms with E-state index in [4.69, 9.17) is 5.73 Å². The molecule has 1 atom stereocenters. The molecule has 0 bridgehead atoms. The molecular formula is C17H25NO. The standard InChI is InChI=1S/C17H25NO/c18-13-16(17(19)11-4-1-5-12-17)10-6-8-14-7-2-3-9-15(14)16/h2-3,7,9,19H,1,4-6,8,10-13,18H2. The molecule has 2 aliphatic rings. The lowest BCUT2D eigenvalue weighted by molar-refractivity contribution is -0.0725. The SMILES string of the molecule is NCC1(C2(O)CCCCC2)CCCc2ccccc21. The zero-order valence-electron chi connectivity index (χ0n) is 11.7. The third-order valence-electron chi connectivity index (χ3n) is 5.50. The number of benzene rings is 1. The van der Waals surface area contributed by atoms with Gasteiger partial charge in [0, 0.05) is 12.0 Å². The van der Waals surface area contributed by atoms with Crippen LogP contribution in [0.5, 0.6) is 0 Å². The highest BCUT2D eigenvalue weighted by Crippen LogP contribution is 2.50. The lowest BCUT2D eigenvalue weighted by Gasteiger charge is -2.52. The lowest BCUT2D eigenvalue weighted by atomic mass is 9.57. The van der Waals surface area contributed by atoms with Crippen LogP contribution in [0.3, 0.4) is 0 Å². The number of aryl methyl sites for hydroxylation is 1. The predicted molar refractivity (Wildman–Crippen MR) is 78.1 cm³/mol. The van der Waals surface area contributed by atoms with Crippen molar-refractivity contribution in [2.24, 2.45) is 5.73 Å². The van der Waals surface area contributed by atoms with Crippen molar-refractivity contribution in [3.05, 3.63) is 35.4 Å². The van der Waals surface area contributed by atoms with E-state index in [0.29, 0.717) is 6.54 Å². The van der Waals surface area contributed by atoms with Gasteiger partial charge in [0.2, 0.25) is 0 Å². The summed E-state index contributed by atoms with van der Waals surface area (Å²) < 4.78 is 0. The van der Waals surface area contributed by atoms with Crippen molar-refractivity contribution in [1.82, 2.24) is 0 Å². The molecule has 0 aliphatic heterocycles. The Bertz CT molecular complexity index is 450. The third-order valence-corrected chi connectivity index (χ3v) is 5.50. The molecule has 0 amide bonds. The molecule has 1 fully saturated rings. The van der Waals surface area contributed by atoms with Crippen LogP contribution >= 0.6 is 0 Å². The fraction of sp³-hybridized carbons (Fsp3) is 0.647. The van der Waals surface area contributed by atoms with Gasteiger partial charge in [-0.3, -0.25) is 0 Å². The molecule has 104 valence electrons. The van der Waals surface area contributed by atoms with E-state index in [9.17, 15) is 5.11 Å². The molecule has 1 unspecified atom stereocenters. The quantitative estimate of drug-likeness (QED) is 0.858. The maximum Gasteiger partial charge on any atom is 0.0756 e. The molecule has 3 rings (SSSR count). The Hall–Kier alpha value is -0.860. The van der Waals surface area contributed by atoms with Gasteiger partial charge in [0.05, 0.1) is 5.60 Å². The molecule has 1 saturated carbocycles. The van der Waals surface area contributed by atoms with Gasteiger partial charge in [-0.2, -0.15) is 0 Å². The van der Waals surface area contributed by atoms with Crippen molar-refractivity contribution in [1.29, 1.82) is 0 Å². The van der Waals surface area contributed by atoms with Crippen molar-refractivity contribution in [3.63, 3.8) is 0 Å². The average Bonchev–Trinajstić information content (AvgIpc) is 2.47. The van der Waals surface area contributed by atoms with Gasteiger partial charge < -0.3 is 10.8 Å². The zero-order valence-corrected chi connectivity index (χ0v) is 11.7. The van der Waals surface area contributed by atoms with Crippen LogP contribution in [0.25, 0.3) is 0 Å². The summed E-state index contributed by atoms with van der Waals surface area (Å²) >= 11 is 0. The second kappa shape index (κ2) is 4.92. The minimum Gasteiger partial charge on any atom is -0.389 e. The van der Waals surface area contributed by atoms with E-state index >= 15 is 0 Å². The highest BCUT2D eigenvalue weighted by molar-refractivity contribution is 5.40. The molecule has 3 N–H and O–H groups in total. The van der Waals surface area contributed by atoms with E-state index in [2.05, 4.69) is 24.3 Å². The van der Waals surface area contributed by atoms with Crippen molar-refractivity contribution in [3.8, 4) is 0 Å². The first-order valence-electron chi connectivity index (χ1n) is 7.73. The Balaban J connectivity index is 2.09. The van der Waals surface area contributed by atoms with Gasteiger partial charge in [-0.05, 0) is 43.2 Å². The molecule has 0 heterocycles. The molecule has 2 nitrogen and oxygen atoms in total. The van der Waals surface area contributed by atoms with Gasteiger partial charge in [-0.15, -0.1) is 0 Å². The molecule has 0 spiro atoms. The van der Waals surface area contributed by atoms with Crippen LogP contribution in [0.4, 0.5) is 0 Å². The summed E-state index contributed by atoms with van der Waals surface area (Å²) in [5.41, 5.74) is 8.14. The van der Waals surface area contributed by atoms with E-state index in [1.165, 1.54) is 17.5 Å². The largest absolute Gasteiger partial charge is 0.389 e. The maximum absolute atomic E-state index is 11.3. The Morgan fingerprint density at radius 3 is 2.47 bits per heavy atom. The van der Waals surface area contributed by atoms with Crippen molar-refractivity contribution in [2.45, 2.75) is 62.4 Å². The highest BCUT2D eigenvalue weighted by Gasteiger charge is 2.52. The normalized spacial score (nSPS) is 29.8.